The van der Waals surface area contributed by atoms with Crippen LogP contribution in [0.2, 0.25) is 0 Å². The van der Waals surface area contributed by atoms with E-state index < -0.39 is 5.60 Å². The van der Waals surface area contributed by atoms with Crippen molar-refractivity contribution >= 4 is 29.4 Å². The Hall–Kier alpha value is -3.93. The van der Waals surface area contributed by atoms with Crippen molar-refractivity contribution in [3.8, 4) is 0 Å². The van der Waals surface area contributed by atoms with E-state index in [1.807, 2.05) is 58.0 Å². The highest BCUT2D eigenvalue weighted by Gasteiger charge is 2.45. The number of piperazine rings is 1. The topological polar surface area (TPSA) is 129 Å². The molecule has 3 fully saturated rings. The molecule has 1 aliphatic carbocycles. The molecule has 3 aliphatic rings. The van der Waals surface area contributed by atoms with Crippen LogP contribution in [-0.2, 0) is 20.8 Å². The standard InChI is InChI=1S/C34H49N7O5/c1-23-37-26(21-30(38-23)41-28-9-7-6-8-25(28)20-29(41)32(43)35-14-19-45-5)22-36-31(42)24-10-12-27(13-11-24)39-15-17-40(18-16-39)33(44)46-34(2,3)4/h10-13,21,25,28-29H,6-9,14-20,22H2,1-5H3,(H,35,43)(H,36,42)/t25-,28-,29-/m0/s1. The first kappa shape index (κ1) is 33.4. The van der Waals surface area contributed by atoms with Gasteiger partial charge in [-0.3, -0.25) is 9.59 Å². The highest BCUT2D eigenvalue weighted by Crippen LogP contribution is 2.42. The number of fused-ring (bicyclic) bond motifs is 1. The molecule has 0 unspecified atom stereocenters. The number of ether oxygens (including phenoxy) is 2. The molecule has 2 saturated heterocycles. The molecular formula is C34H49N7O5. The zero-order valence-electron chi connectivity index (χ0n) is 27.9. The van der Waals surface area contributed by atoms with Gasteiger partial charge in [-0.15, -0.1) is 0 Å². The Balaban J connectivity index is 1.20. The van der Waals surface area contributed by atoms with E-state index >= 15 is 0 Å². The maximum absolute atomic E-state index is 13.3. The molecule has 3 amide bonds. The van der Waals surface area contributed by atoms with Crippen molar-refractivity contribution in [3.63, 3.8) is 0 Å². The highest BCUT2D eigenvalue weighted by molar-refractivity contribution is 5.94. The summed E-state index contributed by atoms with van der Waals surface area (Å²) in [5.74, 6) is 1.63. The molecule has 1 saturated carbocycles. The van der Waals surface area contributed by atoms with E-state index in [4.69, 9.17) is 14.5 Å². The van der Waals surface area contributed by atoms with Crippen molar-refractivity contribution in [1.29, 1.82) is 0 Å². The van der Waals surface area contributed by atoms with Gasteiger partial charge in [-0.25, -0.2) is 14.8 Å². The van der Waals surface area contributed by atoms with Gasteiger partial charge in [0.05, 0.1) is 18.8 Å². The number of hydrogen-bond acceptors (Lipinski definition) is 9. The summed E-state index contributed by atoms with van der Waals surface area (Å²) >= 11 is 0. The van der Waals surface area contributed by atoms with Crippen molar-refractivity contribution in [1.82, 2.24) is 25.5 Å². The van der Waals surface area contributed by atoms with Crippen LogP contribution < -0.4 is 20.4 Å². The van der Waals surface area contributed by atoms with Crippen LogP contribution in [0.25, 0.3) is 0 Å². The zero-order valence-corrected chi connectivity index (χ0v) is 27.9. The number of benzene rings is 1. The van der Waals surface area contributed by atoms with Crippen molar-refractivity contribution in [2.45, 2.75) is 84.0 Å². The van der Waals surface area contributed by atoms with Crippen LogP contribution in [0, 0.1) is 12.8 Å². The van der Waals surface area contributed by atoms with Gasteiger partial charge in [0, 0.05) is 63.2 Å². The van der Waals surface area contributed by atoms with Gasteiger partial charge in [0.15, 0.2) is 0 Å². The molecule has 3 heterocycles. The van der Waals surface area contributed by atoms with Crippen molar-refractivity contribution < 1.29 is 23.9 Å². The van der Waals surface area contributed by atoms with E-state index in [1.165, 1.54) is 6.42 Å². The summed E-state index contributed by atoms with van der Waals surface area (Å²) in [5, 5.41) is 6.04. The van der Waals surface area contributed by atoms with Crippen LogP contribution in [0.5, 0.6) is 0 Å². The lowest BCUT2D eigenvalue weighted by Crippen LogP contribution is -2.50. The third kappa shape index (κ3) is 8.26. The number of rotatable bonds is 9. The number of aromatic nitrogens is 2. The van der Waals surface area contributed by atoms with E-state index in [-0.39, 0.29) is 36.5 Å². The average molecular weight is 636 g/mol. The predicted octanol–water partition coefficient (Wildman–Crippen LogP) is 3.67. The summed E-state index contributed by atoms with van der Waals surface area (Å²) < 4.78 is 10.6. The van der Waals surface area contributed by atoms with E-state index in [2.05, 4.69) is 25.4 Å². The first-order valence-electron chi connectivity index (χ1n) is 16.5. The van der Waals surface area contributed by atoms with Crippen LogP contribution >= 0.6 is 0 Å². The largest absolute Gasteiger partial charge is 0.444 e. The number of anilines is 2. The average Bonchev–Trinajstić information content (AvgIpc) is 3.43. The lowest BCUT2D eigenvalue weighted by Gasteiger charge is -2.36. The smallest absolute Gasteiger partial charge is 0.410 e. The van der Waals surface area contributed by atoms with Gasteiger partial charge in [0.25, 0.3) is 5.91 Å². The number of nitrogens with zero attached hydrogens (tertiary/aromatic N) is 5. The number of carbonyl (C=O) groups is 3. The summed E-state index contributed by atoms with van der Waals surface area (Å²) in [6, 6.07) is 9.42. The number of aryl methyl sites for hydroxylation is 1. The maximum atomic E-state index is 13.3. The Morgan fingerprint density at radius 1 is 0.978 bits per heavy atom. The number of nitrogens with one attached hydrogen (secondary N) is 2. The fourth-order valence-electron chi connectivity index (χ4n) is 6.82. The molecule has 46 heavy (non-hydrogen) atoms. The van der Waals surface area contributed by atoms with Gasteiger partial charge in [-0.2, -0.15) is 0 Å². The molecule has 2 aromatic rings. The molecule has 12 heteroatoms. The minimum absolute atomic E-state index is 0.00550. The zero-order chi connectivity index (χ0) is 32.8. The van der Waals surface area contributed by atoms with Gasteiger partial charge in [0.2, 0.25) is 5.91 Å². The molecule has 0 radical (unpaired) electrons. The van der Waals surface area contributed by atoms with Gasteiger partial charge >= 0.3 is 6.09 Å². The Labute approximate surface area is 272 Å². The Morgan fingerprint density at radius 3 is 2.39 bits per heavy atom. The molecule has 3 atom stereocenters. The quantitative estimate of drug-likeness (QED) is 0.397. The van der Waals surface area contributed by atoms with E-state index in [0.717, 1.165) is 37.2 Å². The van der Waals surface area contributed by atoms with E-state index in [9.17, 15) is 14.4 Å². The summed E-state index contributed by atoms with van der Waals surface area (Å²) in [6.45, 7) is 11.2. The van der Waals surface area contributed by atoms with E-state index in [1.54, 1.807) is 12.0 Å². The Morgan fingerprint density at radius 2 is 1.70 bits per heavy atom. The molecule has 1 aromatic carbocycles. The molecule has 0 spiro atoms. The van der Waals surface area contributed by atoms with Crippen molar-refractivity contribution in [3.05, 3.63) is 47.4 Å². The molecule has 0 bridgehead atoms. The van der Waals surface area contributed by atoms with Crippen LogP contribution in [0.1, 0.15) is 74.8 Å². The van der Waals surface area contributed by atoms with Gasteiger partial charge in [-0.05, 0) is 77.1 Å². The summed E-state index contributed by atoms with van der Waals surface area (Å²) in [7, 11) is 1.63. The maximum Gasteiger partial charge on any atom is 0.410 e. The number of methoxy groups -OCH3 is 1. The number of amides is 3. The van der Waals surface area contributed by atoms with Crippen LogP contribution in [0.15, 0.2) is 30.3 Å². The minimum atomic E-state index is -0.517. The SMILES string of the molecule is COCCNC(=O)[C@@H]1C[C@@H]2CCCC[C@@H]2N1c1cc(CNC(=O)c2ccc(N3CCN(C(=O)OC(C)(C)C)CC3)cc2)nc(C)n1. The molecule has 5 rings (SSSR count). The Kier molecular flexibility index (Phi) is 10.7. The van der Waals surface area contributed by atoms with Gasteiger partial charge in [-0.1, -0.05) is 12.8 Å². The van der Waals surface area contributed by atoms with Crippen molar-refractivity contribution in [2.75, 3.05) is 56.2 Å². The first-order valence-corrected chi connectivity index (χ1v) is 16.5. The molecule has 1 aromatic heterocycles. The summed E-state index contributed by atoms with van der Waals surface area (Å²) in [5.41, 5.74) is 1.74. The number of carbonyl (C=O) groups excluding carboxylic acids is 3. The first-order chi connectivity index (χ1) is 22.0. The predicted molar refractivity (Wildman–Crippen MR) is 176 cm³/mol. The van der Waals surface area contributed by atoms with Gasteiger partial charge in [0.1, 0.15) is 23.3 Å². The molecule has 12 nitrogen and oxygen atoms in total. The fourth-order valence-corrected chi connectivity index (χ4v) is 6.82. The fraction of sp³-hybridized carbons (Fsp3) is 0.618. The molecular weight excluding hydrogens is 586 g/mol. The minimum Gasteiger partial charge on any atom is -0.444 e. The lowest BCUT2D eigenvalue weighted by atomic mass is 9.84. The van der Waals surface area contributed by atoms with Crippen LogP contribution in [0.4, 0.5) is 16.3 Å². The number of hydrogen-bond donors (Lipinski definition) is 2. The summed E-state index contributed by atoms with van der Waals surface area (Å²) in [4.78, 5) is 54.3. The van der Waals surface area contributed by atoms with Crippen molar-refractivity contribution in [2.24, 2.45) is 5.92 Å². The monoisotopic (exact) mass is 635 g/mol. The molecule has 250 valence electrons. The second-order valence-electron chi connectivity index (χ2n) is 13.5. The highest BCUT2D eigenvalue weighted by atomic mass is 16.6. The van der Waals surface area contributed by atoms with Crippen LogP contribution in [-0.4, -0.2) is 96.9 Å². The second kappa shape index (κ2) is 14.7. The summed E-state index contributed by atoms with van der Waals surface area (Å²) in [6.07, 6.45) is 5.03. The van der Waals surface area contributed by atoms with Gasteiger partial charge < -0.3 is 34.8 Å². The lowest BCUT2D eigenvalue weighted by molar-refractivity contribution is -0.122. The molecule has 2 aliphatic heterocycles. The Bertz CT molecular complexity index is 1370. The van der Waals surface area contributed by atoms with Crippen LogP contribution in [0.3, 0.4) is 0 Å². The normalized spacial score (nSPS) is 21.5. The second-order valence-corrected chi connectivity index (χ2v) is 13.5. The molecule has 2 N–H and O–H groups in total. The third-order valence-electron chi connectivity index (χ3n) is 8.99. The third-order valence-corrected chi connectivity index (χ3v) is 8.99. The van der Waals surface area contributed by atoms with E-state index in [0.29, 0.717) is 62.3 Å².